The smallest absolute Gasteiger partial charge is 0.136 e. The van der Waals surface area contributed by atoms with Crippen molar-refractivity contribution in [2.24, 2.45) is 0 Å². The molecule has 0 aliphatic carbocycles. The van der Waals surface area contributed by atoms with Crippen LogP contribution in [0.3, 0.4) is 0 Å². The third kappa shape index (κ3) is 5.16. The number of hydrogen-bond donors (Lipinski definition) is 1. The maximum atomic E-state index is 12.5. The minimum absolute atomic E-state index is 0.0479. The van der Waals surface area contributed by atoms with E-state index < -0.39 is 11.4 Å². The first-order valence-corrected chi connectivity index (χ1v) is 10.6. The molecular formula is C24H27NO2S. The molecule has 0 aliphatic heterocycles. The molecule has 3 rings (SSSR count). The van der Waals surface area contributed by atoms with Gasteiger partial charge in [0, 0.05) is 16.9 Å². The molecule has 2 unspecified atom stereocenters. The Balaban J connectivity index is 1.94. The van der Waals surface area contributed by atoms with Crippen molar-refractivity contribution in [1.82, 2.24) is 4.72 Å². The molecular weight excluding hydrogens is 366 g/mol. The Morgan fingerprint density at radius 1 is 0.893 bits per heavy atom. The molecule has 0 spiro atoms. The lowest BCUT2D eigenvalue weighted by molar-refractivity contribution is 0.484. The average molecular weight is 394 g/mol. The molecule has 0 saturated carbocycles. The van der Waals surface area contributed by atoms with Crippen LogP contribution in [0, 0.1) is 0 Å². The van der Waals surface area contributed by atoms with Crippen molar-refractivity contribution in [2.45, 2.75) is 38.5 Å². The van der Waals surface area contributed by atoms with Crippen molar-refractivity contribution in [2.75, 3.05) is 0 Å². The van der Waals surface area contributed by atoms with Crippen molar-refractivity contribution >= 4 is 11.4 Å². The summed E-state index contributed by atoms with van der Waals surface area (Å²) in [5.74, 6) is 1.60. The molecule has 0 saturated heterocycles. The molecule has 0 aliphatic rings. The zero-order valence-electron chi connectivity index (χ0n) is 16.8. The van der Waals surface area contributed by atoms with E-state index in [0.29, 0.717) is 0 Å². The molecule has 0 amide bonds. The van der Waals surface area contributed by atoms with Crippen LogP contribution in [0.1, 0.15) is 39.3 Å². The fourth-order valence-electron chi connectivity index (χ4n) is 2.77. The lowest BCUT2D eigenvalue weighted by Crippen LogP contribution is -2.40. The van der Waals surface area contributed by atoms with E-state index in [1.54, 1.807) is 0 Å². The highest BCUT2D eigenvalue weighted by Crippen LogP contribution is 2.35. The molecule has 0 aromatic heterocycles. The summed E-state index contributed by atoms with van der Waals surface area (Å²) < 4.78 is 21.5. The molecule has 2 atom stereocenters. The molecule has 0 fully saturated rings. The largest absolute Gasteiger partial charge is 0.598 e. The van der Waals surface area contributed by atoms with E-state index >= 15 is 0 Å². The maximum Gasteiger partial charge on any atom is 0.136 e. The van der Waals surface area contributed by atoms with Gasteiger partial charge in [-0.3, -0.25) is 0 Å². The molecule has 0 heterocycles. The lowest BCUT2D eigenvalue weighted by Gasteiger charge is -2.27. The fraction of sp³-hybridized carbons (Fsp3) is 0.250. The highest BCUT2D eigenvalue weighted by molar-refractivity contribution is 7.90. The molecule has 1 N–H and O–H groups in total. The van der Waals surface area contributed by atoms with Gasteiger partial charge in [-0.05, 0) is 63.1 Å². The first-order chi connectivity index (χ1) is 13.3. The number of nitrogens with one attached hydrogen (secondary N) is 1. The van der Waals surface area contributed by atoms with Crippen LogP contribution in [-0.4, -0.2) is 9.30 Å². The summed E-state index contributed by atoms with van der Waals surface area (Å²) >= 11 is -1.14. The summed E-state index contributed by atoms with van der Waals surface area (Å²) in [5, 5.41) is 0. The number of benzene rings is 3. The highest BCUT2D eigenvalue weighted by atomic mass is 32.2. The van der Waals surface area contributed by atoms with E-state index in [4.69, 9.17) is 4.74 Å². The second kappa shape index (κ2) is 8.82. The monoisotopic (exact) mass is 393 g/mol. The first kappa shape index (κ1) is 20.5. The van der Waals surface area contributed by atoms with Crippen molar-refractivity contribution in [3.8, 4) is 22.6 Å². The van der Waals surface area contributed by atoms with Crippen molar-refractivity contribution < 1.29 is 9.29 Å². The van der Waals surface area contributed by atoms with E-state index in [9.17, 15) is 4.55 Å². The standard InChI is InChI=1S/C24H27NO2S/c1-18(25-28(26)24(2,3)4)20-15-16-23(27-21-13-9-6-10-14-21)22(17-20)19-11-7-5-8-12-19/h5-18,25H,1-4H3. The zero-order chi connectivity index (χ0) is 20.1. The minimum atomic E-state index is -1.14. The zero-order valence-corrected chi connectivity index (χ0v) is 17.6. The van der Waals surface area contributed by atoms with Crippen molar-refractivity contribution in [1.29, 1.82) is 0 Å². The summed E-state index contributed by atoms with van der Waals surface area (Å²) in [6.07, 6.45) is 0. The van der Waals surface area contributed by atoms with Crippen LogP contribution in [0.25, 0.3) is 11.1 Å². The second-order valence-electron chi connectivity index (χ2n) is 7.76. The molecule has 3 aromatic rings. The molecule has 4 heteroatoms. The van der Waals surface area contributed by atoms with Gasteiger partial charge >= 0.3 is 0 Å². The third-order valence-electron chi connectivity index (χ3n) is 4.40. The van der Waals surface area contributed by atoms with Crippen LogP contribution in [0.5, 0.6) is 11.5 Å². The SMILES string of the molecule is CC(N[S+]([O-])C(C)(C)C)c1ccc(Oc2ccccc2)c(-c2ccccc2)c1. The molecule has 146 valence electrons. The molecule has 3 nitrogen and oxygen atoms in total. The molecule has 3 aromatic carbocycles. The van der Waals surface area contributed by atoms with E-state index in [2.05, 4.69) is 22.9 Å². The molecule has 0 bridgehead atoms. The van der Waals surface area contributed by atoms with Gasteiger partial charge in [0.1, 0.15) is 16.2 Å². The van der Waals surface area contributed by atoms with Crippen molar-refractivity contribution in [3.05, 3.63) is 84.4 Å². The predicted octanol–water partition coefficient (Wildman–Crippen LogP) is 6.26. The maximum absolute atomic E-state index is 12.5. The average Bonchev–Trinajstić information content (AvgIpc) is 2.69. The molecule has 0 radical (unpaired) electrons. The summed E-state index contributed by atoms with van der Waals surface area (Å²) in [6.45, 7) is 7.94. The van der Waals surface area contributed by atoms with Crippen LogP contribution in [0.15, 0.2) is 78.9 Å². The van der Waals surface area contributed by atoms with Gasteiger partial charge in [0.15, 0.2) is 0 Å². The van der Waals surface area contributed by atoms with Crippen LogP contribution in [0.2, 0.25) is 0 Å². The summed E-state index contributed by atoms with van der Waals surface area (Å²) in [5.41, 5.74) is 3.16. The molecule has 28 heavy (non-hydrogen) atoms. The first-order valence-electron chi connectivity index (χ1n) is 9.45. The Kier molecular flexibility index (Phi) is 6.45. The predicted molar refractivity (Wildman–Crippen MR) is 118 cm³/mol. The van der Waals surface area contributed by atoms with E-state index in [-0.39, 0.29) is 10.8 Å². The van der Waals surface area contributed by atoms with Crippen molar-refractivity contribution in [3.63, 3.8) is 0 Å². The lowest BCUT2D eigenvalue weighted by atomic mass is 9.99. The van der Waals surface area contributed by atoms with E-state index in [1.165, 1.54) is 0 Å². The Labute approximate surface area is 171 Å². The normalized spacial score (nSPS) is 13.8. The third-order valence-corrected chi connectivity index (χ3v) is 6.08. The van der Waals surface area contributed by atoms with Crippen LogP contribution in [-0.2, 0) is 11.4 Å². The summed E-state index contributed by atoms with van der Waals surface area (Å²) in [4.78, 5) is 0. The van der Waals surface area contributed by atoms with Gasteiger partial charge < -0.3 is 9.29 Å². The van der Waals surface area contributed by atoms with Gasteiger partial charge in [0.25, 0.3) is 0 Å². The second-order valence-corrected chi connectivity index (χ2v) is 9.76. The number of ether oxygens (including phenoxy) is 1. The quantitative estimate of drug-likeness (QED) is 0.503. The van der Waals surface area contributed by atoms with Gasteiger partial charge in [0.05, 0.1) is 6.04 Å². The Bertz CT molecular complexity index is 891. The van der Waals surface area contributed by atoms with Gasteiger partial charge in [-0.25, -0.2) is 0 Å². The van der Waals surface area contributed by atoms with Gasteiger partial charge in [-0.1, -0.05) is 54.6 Å². The Hall–Kier alpha value is -2.27. The summed E-state index contributed by atoms with van der Waals surface area (Å²) in [7, 11) is 0. The number of rotatable bonds is 6. The van der Waals surface area contributed by atoms with E-state index in [1.807, 2.05) is 88.4 Å². The number of para-hydroxylation sites is 1. The highest BCUT2D eigenvalue weighted by Gasteiger charge is 2.28. The topological polar surface area (TPSA) is 44.3 Å². The van der Waals surface area contributed by atoms with Crippen LogP contribution >= 0.6 is 0 Å². The number of hydrogen-bond acceptors (Lipinski definition) is 3. The van der Waals surface area contributed by atoms with Gasteiger partial charge in [0.2, 0.25) is 0 Å². The summed E-state index contributed by atoms with van der Waals surface area (Å²) in [6, 6.07) is 26.0. The fourth-order valence-corrected chi connectivity index (χ4v) is 3.58. The van der Waals surface area contributed by atoms with Gasteiger partial charge in [-0.2, -0.15) is 0 Å². The van der Waals surface area contributed by atoms with E-state index in [0.717, 1.165) is 28.2 Å². The Morgan fingerprint density at radius 2 is 1.50 bits per heavy atom. The van der Waals surface area contributed by atoms with Crippen LogP contribution < -0.4 is 9.46 Å². The van der Waals surface area contributed by atoms with Crippen LogP contribution in [0.4, 0.5) is 0 Å². The van der Waals surface area contributed by atoms with Gasteiger partial charge in [-0.15, -0.1) is 4.72 Å². The minimum Gasteiger partial charge on any atom is -0.598 e. The Morgan fingerprint density at radius 3 is 2.11 bits per heavy atom.